The maximum Gasteiger partial charge on any atom is 0.255 e. The van der Waals surface area contributed by atoms with E-state index in [0.29, 0.717) is 11.3 Å². The van der Waals surface area contributed by atoms with Gasteiger partial charge < -0.3 is 10.1 Å². The molecule has 0 aromatic heterocycles. The molecule has 0 aliphatic rings. The molecule has 0 unspecified atom stereocenters. The fourth-order valence-electron chi connectivity index (χ4n) is 2.11. The fraction of sp³-hybridized carbons (Fsp3) is 0.278. The van der Waals surface area contributed by atoms with Gasteiger partial charge in [0.25, 0.3) is 5.91 Å². The van der Waals surface area contributed by atoms with Gasteiger partial charge in [-0.25, -0.2) is 0 Å². The molecule has 110 valence electrons. The highest BCUT2D eigenvalue weighted by Crippen LogP contribution is 2.21. The Bertz CT molecular complexity index is 593. The molecule has 3 nitrogen and oxygen atoms in total. The van der Waals surface area contributed by atoms with Gasteiger partial charge in [0, 0.05) is 0 Å². The van der Waals surface area contributed by atoms with Gasteiger partial charge in [-0.2, -0.15) is 0 Å². The fourth-order valence-corrected chi connectivity index (χ4v) is 2.11. The van der Waals surface area contributed by atoms with E-state index in [1.807, 2.05) is 69.3 Å². The zero-order valence-corrected chi connectivity index (χ0v) is 12.7. The molecule has 2 aromatic rings. The number of amides is 1. The topological polar surface area (TPSA) is 38.3 Å². The third-order valence-corrected chi connectivity index (χ3v) is 3.14. The molecule has 0 spiro atoms. The van der Waals surface area contributed by atoms with Gasteiger partial charge in [-0.3, -0.25) is 4.79 Å². The lowest BCUT2D eigenvalue weighted by atomic mass is 10.1. The van der Waals surface area contributed by atoms with Gasteiger partial charge >= 0.3 is 0 Å². The van der Waals surface area contributed by atoms with Crippen LogP contribution in [0.2, 0.25) is 0 Å². The predicted molar refractivity (Wildman–Crippen MR) is 84.5 cm³/mol. The van der Waals surface area contributed by atoms with Crippen LogP contribution in [0.4, 0.5) is 0 Å². The van der Waals surface area contributed by atoms with Crippen molar-refractivity contribution >= 4 is 5.91 Å². The second-order valence-corrected chi connectivity index (χ2v) is 5.27. The van der Waals surface area contributed by atoms with Crippen LogP contribution in [0.25, 0.3) is 0 Å². The number of nitrogens with one attached hydrogen (secondary N) is 1. The number of hydrogen-bond donors (Lipinski definition) is 1. The van der Waals surface area contributed by atoms with E-state index in [2.05, 4.69) is 5.32 Å². The summed E-state index contributed by atoms with van der Waals surface area (Å²) in [6.45, 7) is 5.86. The smallest absolute Gasteiger partial charge is 0.255 e. The molecular weight excluding hydrogens is 262 g/mol. The summed E-state index contributed by atoms with van der Waals surface area (Å²) in [5.41, 5.74) is 1.64. The van der Waals surface area contributed by atoms with Crippen LogP contribution in [0.3, 0.4) is 0 Å². The van der Waals surface area contributed by atoms with Crippen molar-refractivity contribution in [2.45, 2.75) is 32.9 Å². The molecule has 0 heterocycles. The van der Waals surface area contributed by atoms with Crippen LogP contribution >= 0.6 is 0 Å². The van der Waals surface area contributed by atoms with Gasteiger partial charge in [-0.05, 0) is 38.5 Å². The van der Waals surface area contributed by atoms with Gasteiger partial charge in [0.15, 0.2) is 0 Å². The maximum atomic E-state index is 12.4. The monoisotopic (exact) mass is 283 g/mol. The quantitative estimate of drug-likeness (QED) is 0.901. The first-order valence-corrected chi connectivity index (χ1v) is 7.19. The van der Waals surface area contributed by atoms with Gasteiger partial charge in [0.05, 0.1) is 17.7 Å². The summed E-state index contributed by atoms with van der Waals surface area (Å²) >= 11 is 0. The normalized spacial score (nSPS) is 12.0. The van der Waals surface area contributed by atoms with Gasteiger partial charge in [0.1, 0.15) is 5.75 Å². The SMILES string of the molecule is CC(C)Oc1ccccc1C(=O)N[C@H](C)c1ccccc1. The van der Waals surface area contributed by atoms with E-state index in [0.717, 1.165) is 5.56 Å². The Morgan fingerprint density at radius 2 is 1.57 bits per heavy atom. The average Bonchev–Trinajstić information content (AvgIpc) is 2.48. The van der Waals surface area contributed by atoms with Crippen molar-refractivity contribution in [2.75, 3.05) is 0 Å². The van der Waals surface area contributed by atoms with E-state index < -0.39 is 0 Å². The zero-order valence-electron chi connectivity index (χ0n) is 12.7. The lowest BCUT2D eigenvalue weighted by Gasteiger charge is -2.17. The summed E-state index contributed by atoms with van der Waals surface area (Å²) in [7, 11) is 0. The number of rotatable bonds is 5. The highest BCUT2D eigenvalue weighted by Gasteiger charge is 2.15. The number of carbonyl (C=O) groups is 1. The Morgan fingerprint density at radius 3 is 2.24 bits per heavy atom. The summed E-state index contributed by atoms with van der Waals surface area (Å²) in [5.74, 6) is 0.493. The van der Waals surface area contributed by atoms with Crippen LogP contribution in [0, 0.1) is 0 Å². The van der Waals surface area contributed by atoms with E-state index in [-0.39, 0.29) is 18.1 Å². The van der Waals surface area contributed by atoms with Crippen molar-refractivity contribution in [3.05, 3.63) is 65.7 Å². The van der Waals surface area contributed by atoms with Crippen LogP contribution in [0.1, 0.15) is 42.7 Å². The summed E-state index contributed by atoms with van der Waals surface area (Å²) in [6.07, 6.45) is 0.0329. The largest absolute Gasteiger partial charge is 0.490 e. The highest BCUT2D eigenvalue weighted by molar-refractivity contribution is 5.97. The van der Waals surface area contributed by atoms with Gasteiger partial charge in [-0.15, -0.1) is 0 Å². The van der Waals surface area contributed by atoms with Gasteiger partial charge in [-0.1, -0.05) is 42.5 Å². The number of ether oxygens (including phenoxy) is 1. The molecule has 0 aliphatic carbocycles. The first kappa shape index (κ1) is 15.1. The molecule has 3 heteroatoms. The van der Waals surface area contributed by atoms with Crippen molar-refractivity contribution in [1.82, 2.24) is 5.32 Å². The van der Waals surface area contributed by atoms with Gasteiger partial charge in [0.2, 0.25) is 0 Å². The molecule has 0 bridgehead atoms. The standard InChI is InChI=1S/C18H21NO2/c1-13(2)21-17-12-8-7-11-16(17)18(20)19-14(3)15-9-5-4-6-10-15/h4-14H,1-3H3,(H,19,20)/t14-/m1/s1. The van der Waals surface area contributed by atoms with E-state index >= 15 is 0 Å². The molecule has 2 aromatic carbocycles. The summed E-state index contributed by atoms with van der Waals surface area (Å²) < 4.78 is 5.69. The molecule has 0 saturated carbocycles. The van der Waals surface area contributed by atoms with E-state index in [1.54, 1.807) is 6.07 Å². The van der Waals surface area contributed by atoms with Crippen molar-refractivity contribution in [2.24, 2.45) is 0 Å². The molecule has 0 radical (unpaired) electrons. The zero-order chi connectivity index (χ0) is 15.2. The third kappa shape index (κ3) is 4.09. The van der Waals surface area contributed by atoms with Crippen LogP contribution in [0.5, 0.6) is 5.75 Å². The van der Waals surface area contributed by atoms with Crippen molar-refractivity contribution in [3.8, 4) is 5.75 Å². The van der Waals surface area contributed by atoms with Crippen LogP contribution in [0.15, 0.2) is 54.6 Å². The minimum Gasteiger partial charge on any atom is -0.490 e. The number of hydrogen-bond acceptors (Lipinski definition) is 2. The second-order valence-electron chi connectivity index (χ2n) is 5.27. The lowest BCUT2D eigenvalue weighted by molar-refractivity contribution is 0.0934. The van der Waals surface area contributed by atoms with Crippen LogP contribution in [-0.2, 0) is 0 Å². The molecule has 0 saturated heterocycles. The molecule has 1 N–H and O–H groups in total. The molecular formula is C18H21NO2. The van der Waals surface area contributed by atoms with Crippen LogP contribution < -0.4 is 10.1 Å². The van der Waals surface area contributed by atoms with Crippen LogP contribution in [-0.4, -0.2) is 12.0 Å². The van der Waals surface area contributed by atoms with E-state index in [9.17, 15) is 4.79 Å². The number of benzene rings is 2. The Hall–Kier alpha value is -2.29. The van der Waals surface area contributed by atoms with Crippen molar-refractivity contribution in [1.29, 1.82) is 0 Å². The first-order chi connectivity index (χ1) is 10.1. The average molecular weight is 283 g/mol. The number of carbonyl (C=O) groups excluding carboxylic acids is 1. The molecule has 1 amide bonds. The minimum absolute atomic E-state index is 0.0329. The Morgan fingerprint density at radius 1 is 0.952 bits per heavy atom. The lowest BCUT2D eigenvalue weighted by Crippen LogP contribution is -2.27. The van der Waals surface area contributed by atoms with E-state index in [1.165, 1.54) is 0 Å². The molecule has 0 fully saturated rings. The Kier molecular flexibility index (Phi) is 4.99. The van der Waals surface area contributed by atoms with E-state index in [4.69, 9.17) is 4.74 Å². The Labute approximate surface area is 126 Å². The maximum absolute atomic E-state index is 12.4. The minimum atomic E-state index is -0.123. The molecule has 21 heavy (non-hydrogen) atoms. The number of para-hydroxylation sites is 1. The van der Waals surface area contributed by atoms with Crippen molar-refractivity contribution < 1.29 is 9.53 Å². The molecule has 0 aliphatic heterocycles. The third-order valence-electron chi connectivity index (χ3n) is 3.14. The first-order valence-electron chi connectivity index (χ1n) is 7.19. The van der Waals surface area contributed by atoms with Crippen molar-refractivity contribution in [3.63, 3.8) is 0 Å². The second kappa shape index (κ2) is 6.93. The summed E-state index contributed by atoms with van der Waals surface area (Å²) in [5, 5.41) is 3.01. The predicted octanol–water partition coefficient (Wildman–Crippen LogP) is 3.96. The summed E-state index contributed by atoms with van der Waals surface area (Å²) in [4.78, 5) is 12.4. The highest BCUT2D eigenvalue weighted by atomic mass is 16.5. The Balaban J connectivity index is 2.14. The summed E-state index contributed by atoms with van der Waals surface area (Å²) in [6, 6.07) is 17.2. The molecule has 1 atom stereocenters. The molecule has 2 rings (SSSR count).